The van der Waals surface area contributed by atoms with Crippen molar-refractivity contribution in [1.82, 2.24) is 0 Å². The highest BCUT2D eigenvalue weighted by molar-refractivity contribution is 5.76. The van der Waals surface area contributed by atoms with Crippen LogP contribution in [0.3, 0.4) is 0 Å². The molecule has 0 aliphatic heterocycles. The molecule has 1 amide bonds. The van der Waals surface area contributed by atoms with Crippen molar-refractivity contribution in [3.63, 3.8) is 0 Å². The van der Waals surface area contributed by atoms with Crippen LogP contribution in [0.25, 0.3) is 0 Å². The highest BCUT2D eigenvalue weighted by atomic mass is 16.4. The van der Waals surface area contributed by atoms with Crippen LogP contribution in [0.15, 0.2) is 0 Å². The third-order valence-electron chi connectivity index (χ3n) is 1.00. The lowest BCUT2D eigenvalue weighted by Gasteiger charge is -1.99. The average Bonchev–Trinajstić information content (AvgIpc) is 1.82. The standard InChI is InChI=1S/C5H9N2O3/c6-3(5(9)10)1-2-4(7)8/h3H,1-2,6H2,(H2,7,8)/t3-/m0/s1. The first-order chi connectivity index (χ1) is 4.54. The number of rotatable bonds is 4. The van der Waals surface area contributed by atoms with Gasteiger partial charge in [0.15, 0.2) is 0 Å². The van der Waals surface area contributed by atoms with E-state index in [1.54, 1.807) is 0 Å². The molecule has 10 heavy (non-hydrogen) atoms. The van der Waals surface area contributed by atoms with Crippen LogP contribution in [0.2, 0.25) is 0 Å². The average molecular weight is 145 g/mol. The zero-order chi connectivity index (χ0) is 8.15. The maximum Gasteiger partial charge on any atom is 0.372 e. The van der Waals surface area contributed by atoms with Gasteiger partial charge >= 0.3 is 5.97 Å². The Morgan fingerprint density at radius 1 is 1.40 bits per heavy atom. The van der Waals surface area contributed by atoms with Crippen LogP contribution in [-0.4, -0.2) is 17.9 Å². The number of carbonyl (C=O) groups excluding carboxylic acids is 2. The second-order valence-electron chi connectivity index (χ2n) is 1.93. The Labute approximate surface area is 58.0 Å². The Morgan fingerprint density at radius 3 is 2.20 bits per heavy atom. The molecule has 0 fully saturated rings. The van der Waals surface area contributed by atoms with Crippen LogP contribution in [0.5, 0.6) is 0 Å². The monoisotopic (exact) mass is 145 g/mol. The summed E-state index contributed by atoms with van der Waals surface area (Å²) in [5.41, 5.74) is 9.73. The molecule has 0 saturated heterocycles. The fourth-order valence-corrected chi connectivity index (χ4v) is 0.416. The fraction of sp³-hybridized carbons (Fsp3) is 0.600. The zero-order valence-corrected chi connectivity index (χ0v) is 5.37. The van der Waals surface area contributed by atoms with Crippen molar-refractivity contribution in [2.45, 2.75) is 18.9 Å². The number of carbonyl (C=O) groups is 2. The van der Waals surface area contributed by atoms with Gasteiger partial charge in [0.05, 0.1) is 0 Å². The summed E-state index contributed by atoms with van der Waals surface area (Å²) in [4.78, 5) is 20.0. The summed E-state index contributed by atoms with van der Waals surface area (Å²) < 4.78 is 0. The maximum absolute atomic E-state index is 10.1. The molecule has 5 nitrogen and oxygen atoms in total. The Morgan fingerprint density at radius 2 is 1.90 bits per heavy atom. The molecule has 5 heteroatoms. The minimum atomic E-state index is -1.36. The lowest BCUT2D eigenvalue weighted by atomic mass is 10.2. The highest BCUT2D eigenvalue weighted by Crippen LogP contribution is 1.92. The van der Waals surface area contributed by atoms with Gasteiger partial charge in [-0.2, -0.15) is 0 Å². The summed E-state index contributed by atoms with van der Waals surface area (Å²) in [6.07, 6.45) is 0.0206. The first-order valence-corrected chi connectivity index (χ1v) is 2.78. The number of hydrogen-bond donors (Lipinski definition) is 2. The quantitative estimate of drug-likeness (QED) is 0.504. The van der Waals surface area contributed by atoms with Gasteiger partial charge in [-0.1, -0.05) is 0 Å². The first kappa shape index (κ1) is 8.90. The van der Waals surface area contributed by atoms with Gasteiger partial charge in [-0.25, -0.2) is 9.90 Å². The van der Waals surface area contributed by atoms with E-state index in [-0.39, 0.29) is 12.8 Å². The summed E-state index contributed by atoms with van der Waals surface area (Å²) in [5, 5.41) is 9.92. The molecule has 0 unspecified atom stereocenters. The summed E-state index contributed by atoms with van der Waals surface area (Å²) in [5.74, 6) is -1.92. The molecule has 0 aromatic heterocycles. The Bertz CT molecular complexity index is 146. The number of amides is 1. The van der Waals surface area contributed by atoms with E-state index in [1.165, 1.54) is 0 Å². The van der Waals surface area contributed by atoms with E-state index in [1.807, 2.05) is 0 Å². The Balaban J connectivity index is 3.49. The SMILES string of the molecule is NC(=O)CC[C@H](N)C([O])=O. The molecule has 1 radical (unpaired) electrons. The van der Waals surface area contributed by atoms with Crippen LogP contribution in [0.1, 0.15) is 12.8 Å². The third-order valence-corrected chi connectivity index (χ3v) is 1.00. The number of hydrogen-bond acceptors (Lipinski definition) is 3. The minimum Gasteiger partial charge on any atom is -0.370 e. The lowest BCUT2D eigenvalue weighted by Crippen LogP contribution is -2.30. The fourth-order valence-electron chi connectivity index (χ4n) is 0.416. The van der Waals surface area contributed by atoms with Gasteiger partial charge in [0.1, 0.15) is 6.04 Å². The molecular weight excluding hydrogens is 136 g/mol. The van der Waals surface area contributed by atoms with E-state index in [4.69, 9.17) is 11.5 Å². The zero-order valence-electron chi connectivity index (χ0n) is 5.37. The van der Waals surface area contributed by atoms with Crippen LogP contribution < -0.4 is 11.5 Å². The van der Waals surface area contributed by atoms with Crippen molar-refractivity contribution in [2.75, 3.05) is 0 Å². The van der Waals surface area contributed by atoms with Crippen molar-refractivity contribution >= 4 is 11.9 Å². The van der Waals surface area contributed by atoms with Crippen LogP contribution >= 0.6 is 0 Å². The summed E-state index contributed by atoms with van der Waals surface area (Å²) in [6, 6.07) is -1.09. The van der Waals surface area contributed by atoms with Crippen molar-refractivity contribution in [1.29, 1.82) is 0 Å². The van der Waals surface area contributed by atoms with Crippen LogP contribution in [0, 0.1) is 0 Å². The molecule has 0 aromatic carbocycles. The predicted molar refractivity (Wildman–Crippen MR) is 32.1 cm³/mol. The molecule has 0 saturated carbocycles. The van der Waals surface area contributed by atoms with Crippen molar-refractivity contribution in [3.05, 3.63) is 0 Å². The third kappa shape index (κ3) is 3.85. The van der Waals surface area contributed by atoms with Crippen molar-refractivity contribution in [3.8, 4) is 0 Å². The topological polar surface area (TPSA) is 106 Å². The molecule has 0 aromatic rings. The normalized spacial score (nSPS) is 12.5. The van der Waals surface area contributed by atoms with E-state index >= 15 is 0 Å². The molecule has 0 aliphatic rings. The molecule has 0 spiro atoms. The van der Waals surface area contributed by atoms with E-state index < -0.39 is 17.9 Å². The Hall–Kier alpha value is -1.10. The summed E-state index contributed by atoms with van der Waals surface area (Å²) >= 11 is 0. The largest absolute Gasteiger partial charge is 0.372 e. The molecule has 0 bridgehead atoms. The molecule has 0 aliphatic carbocycles. The minimum absolute atomic E-state index is 0.0187. The van der Waals surface area contributed by atoms with E-state index in [0.29, 0.717) is 0 Å². The maximum atomic E-state index is 10.1. The summed E-state index contributed by atoms with van der Waals surface area (Å²) in [7, 11) is 0. The second-order valence-corrected chi connectivity index (χ2v) is 1.93. The lowest BCUT2D eigenvalue weighted by molar-refractivity contribution is -0.144. The predicted octanol–water partition coefficient (Wildman–Crippen LogP) is -1.46. The van der Waals surface area contributed by atoms with Crippen LogP contribution in [0.4, 0.5) is 0 Å². The van der Waals surface area contributed by atoms with E-state index in [0.717, 1.165) is 0 Å². The highest BCUT2D eigenvalue weighted by Gasteiger charge is 2.13. The molecule has 57 valence electrons. The number of primary amides is 1. The Kier molecular flexibility index (Phi) is 3.42. The molecular formula is C5H9N2O3. The summed E-state index contributed by atoms with van der Waals surface area (Å²) in [6.45, 7) is 0. The van der Waals surface area contributed by atoms with Gasteiger partial charge in [0.25, 0.3) is 0 Å². The van der Waals surface area contributed by atoms with E-state index in [9.17, 15) is 14.7 Å². The van der Waals surface area contributed by atoms with Crippen molar-refractivity contribution < 1.29 is 14.7 Å². The molecule has 0 rings (SSSR count). The smallest absolute Gasteiger partial charge is 0.370 e. The van der Waals surface area contributed by atoms with Gasteiger partial charge < -0.3 is 11.5 Å². The van der Waals surface area contributed by atoms with Crippen molar-refractivity contribution in [2.24, 2.45) is 11.5 Å². The van der Waals surface area contributed by atoms with Crippen LogP contribution in [-0.2, 0) is 14.7 Å². The molecule has 4 N–H and O–H groups in total. The molecule has 0 heterocycles. The van der Waals surface area contributed by atoms with Gasteiger partial charge in [-0.05, 0) is 6.42 Å². The second kappa shape index (κ2) is 3.84. The molecule has 1 atom stereocenters. The van der Waals surface area contributed by atoms with Gasteiger partial charge in [-0.15, -0.1) is 0 Å². The van der Waals surface area contributed by atoms with E-state index in [2.05, 4.69) is 0 Å². The number of nitrogens with two attached hydrogens (primary N) is 2. The van der Waals surface area contributed by atoms with Gasteiger partial charge in [-0.3, -0.25) is 4.79 Å². The van der Waals surface area contributed by atoms with Gasteiger partial charge in [0, 0.05) is 6.42 Å². The first-order valence-electron chi connectivity index (χ1n) is 2.78. The van der Waals surface area contributed by atoms with Gasteiger partial charge in [0.2, 0.25) is 5.91 Å².